The first-order valence-corrected chi connectivity index (χ1v) is 6.18. The largest absolute Gasteiger partial charge is 0.300 e. The fraction of sp³-hybridized carbons (Fsp3) is 0.167. The van der Waals surface area contributed by atoms with Crippen molar-refractivity contribution in [3.8, 4) is 0 Å². The molecule has 9 heteroatoms. The van der Waals surface area contributed by atoms with E-state index in [-0.39, 0.29) is 16.7 Å². The van der Waals surface area contributed by atoms with Crippen LogP contribution in [0.25, 0.3) is 0 Å². The van der Waals surface area contributed by atoms with Crippen molar-refractivity contribution in [3.05, 3.63) is 50.5 Å². The molecular formula is C12H10ClN5O3. The zero-order valence-corrected chi connectivity index (χ0v) is 11.9. The third kappa shape index (κ3) is 3.48. The number of hydrogen-bond acceptors (Lipinski definition) is 6. The highest BCUT2D eigenvalue weighted by Gasteiger charge is 2.22. The van der Waals surface area contributed by atoms with Crippen molar-refractivity contribution in [2.24, 2.45) is 0 Å². The van der Waals surface area contributed by atoms with Crippen molar-refractivity contribution in [2.45, 2.75) is 13.8 Å². The minimum absolute atomic E-state index is 0.0212. The van der Waals surface area contributed by atoms with Crippen molar-refractivity contribution in [3.63, 3.8) is 0 Å². The predicted octanol–water partition coefficient (Wildman–Crippen LogP) is 2.30. The average molecular weight is 308 g/mol. The van der Waals surface area contributed by atoms with Gasteiger partial charge in [-0.05, 0) is 26.0 Å². The fourth-order valence-electron chi connectivity index (χ4n) is 1.70. The van der Waals surface area contributed by atoms with E-state index in [2.05, 4.69) is 20.3 Å². The van der Waals surface area contributed by atoms with Gasteiger partial charge < -0.3 is 0 Å². The van der Waals surface area contributed by atoms with Gasteiger partial charge in [-0.15, -0.1) is 0 Å². The molecule has 2 aromatic rings. The van der Waals surface area contributed by atoms with Gasteiger partial charge in [-0.25, -0.2) is 15.0 Å². The van der Waals surface area contributed by atoms with E-state index >= 15 is 0 Å². The molecule has 2 heterocycles. The number of nitrogens with zero attached hydrogens (tertiary/aromatic N) is 4. The Morgan fingerprint density at radius 2 is 1.90 bits per heavy atom. The molecule has 0 bridgehead atoms. The first-order valence-electron chi connectivity index (χ1n) is 5.80. The molecule has 108 valence electrons. The predicted molar refractivity (Wildman–Crippen MR) is 75.4 cm³/mol. The quantitative estimate of drug-likeness (QED) is 0.529. The van der Waals surface area contributed by atoms with Crippen molar-refractivity contribution in [2.75, 3.05) is 5.32 Å². The topological polar surface area (TPSA) is 111 Å². The summed E-state index contributed by atoms with van der Waals surface area (Å²) in [6.07, 6.45) is 0.930. The van der Waals surface area contributed by atoms with Gasteiger partial charge in [0, 0.05) is 11.4 Å². The second-order valence-electron chi connectivity index (χ2n) is 4.21. The molecule has 0 atom stereocenters. The van der Waals surface area contributed by atoms with Crippen LogP contribution < -0.4 is 5.32 Å². The van der Waals surface area contributed by atoms with E-state index < -0.39 is 16.5 Å². The molecule has 1 N–H and O–H groups in total. The van der Waals surface area contributed by atoms with E-state index in [1.807, 2.05) is 0 Å². The smallest absolute Gasteiger partial charge is 0.290 e. The third-order valence-electron chi connectivity index (χ3n) is 2.50. The highest BCUT2D eigenvalue weighted by molar-refractivity contribution is 6.30. The Labute approximate surface area is 124 Å². The lowest BCUT2D eigenvalue weighted by molar-refractivity contribution is -0.385. The molecule has 1 amide bonds. The molecule has 2 aromatic heterocycles. The number of pyridine rings is 1. The summed E-state index contributed by atoms with van der Waals surface area (Å²) in [5.41, 5.74) is 0.684. The first-order chi connectivity index (χ1) is 9.86. The molecule has 0 aliphatic heterocycles. The van der Waals surface area contributed by atoms with Gasteiger partial charge in [-0.2, -0.15) is 0 Å². The van der Waals surface area contributed by atoms with Gasteiger partial charge in [0.05, 0.1) is 4.92 Å². The number of amides is 1. The van der Waals surface area contributed by atoms with Crippen LogP contribution in [0.2, 0.25) is 5.15 Å². The number of halogens is 1. The normalized spacial score (nSPS) is 10.2. The van der Waals surface area contributed by atoms with E-state index in [4.69, 9.17) is 11.6 Å². The molecule has 0 aromatic carbocycles. The summed E-state index contributed by atoms with van der Waals surface area (Å²) in [4.78, 5) is 34.0. The Morgan fingerprint density at radius 1 is 1.29 bits per heavy atom. The first kappa shape index (κ1) is 14.8. The Balaban J connectivity index is 2.36. The van der Waals surface area contributed by atoms with Crippen molar-refractivity contribution in [1.82, 2.24) is 15.0 Å². The van der Waals surface area contributed by atoms with Gasteiger partial charge >= 0.3 is 0 Å². The SMILES string of the molecule is Cc1cc(C)nc(NC(=O)c2cc(Cl)ncc2[N+](=O)[O-])n1. The van der Waals surface area contributed by atoms with Crippen LogP contribution in [0.1, 0.15) is 21.7 Å². The summed E-state index contributed by atoms with van der Waals surface area (Å²) in [6, 6.07) is 2.86. The summed E-state index contributed by atoms with van der Waals surface area (Å²) in [5.74, 6) is -0.657. The number of carbonyl (C=O) groups excluding carboxylic acids is 1. The lowest BCUT2D eigenvalue weighted by Crippen LogP contribution is -2.16. The Kier molecular flexibility index (Phi) is 4.08. The molecule has 0 radical (unpaired) electrons. The summed E-state index contributed by atoms with van der Waals surface area (Å²) in [5, 5.41) is 13.3. The van der Waals surface area contributed by atoms with Gasteiger partial charge in [0.15, 0.2) is 0 Å². The number of hydrogen-bond donors (Lipinski definition) is 1. The van der Waals surface area contributed by atoms with E-state index in [9.17, 15) is 14.9 Å². The molecule has 0 spiro atoms. The summed E-state index contributed by atoms with van der Waals surface area (Å²) >= 11 is 5.67. The summed E-state index contributed by atoms with van der Waals surface area (Å²) < 4.78 is 0. The maximum Gasteiger partial charge on any atom is 0.300 e. The zero-order chi connectivity index (χ0) is 15.6. The number of nitro groups is 1. The second-order valence-corrected chi connectivity index (χ2v) is 4.60. The van der Waals surface area contributed by atoms with Crippen LogP contribution >= 0.6 is 11.6 Å². The molecule has 0 saturated carbocycles. The monoisotopic (exact) mass is 307 g/mol. The van der Waals surface area contributed by atoms with Gasteiger partial charge in [-0.1, -0.05) is 11.6 Å². The van der Waals surface area contributed by atoms with Crippen LogP contribution in [0.4, 0.5) is 11.6 Å². The summed E-state index contributed by atoms with van der Waals surface area (Å²) in [7, 11) is 0. The highest BCUT2D eigenvalue weighted by Crippen LogP contribution is 2.21. The number of anilines is 1. The van der Waals surface area contributed by atoms with Gasteiger partial charge in [0.2, 0.25) is 5.95 Å². The minimum Gasteiger partial charge on any atom is -0.290 e. The number of aromatic nitrogens is 3. The van der Waals surface area contributed by atoms with E-state index in [0.29, 0.717) is 11.4 Å². The number of nitrogens with one attached hydrogen (secondary N) is 1. The second kappa shape index (κ2) is 5.80. The number of carbonyl (C=O) groups is 1. The minimum atomic E-state index is -0.726. The van der Waals surface area contributed by atoms with E-state index in [0.717, 1.165) is 12.3 Å². The molecule has 8 nitrogen and oxygen atoms in total. The van der Waals surface area contributed by atoms with Gasteiger partial charge in [0.1, 0.15) is 16.9 Å². The van der Waals surface area contributed by atoms with Crippen LogP contribution in [0.15, 0.2) is 18.3 Å². The maximum atomic E-state index is 12.1. The number of aryl methyl sites for hydroxylation is 2. The molecular weight excluding hydrogens is 298 g/mol. The van der Waals surface area contributed by atoms with Crippen LogP contribution in [-0.4, -0.2) is 25.8 Å². The Morgan fingerprint density at radius 3 is 2.48 bits per heavy atom. The lowest BCUT2D eigenvalue weighted by Gasteiger charge is -2.06. The van der Waals surface area contributed by atoms with Crippen LogP contribution in [-0.2, 0) is 0 Å². The molecule has 2 rings (SSSR count). The Hall–Kier alpha value is -2.61. The van der Waals surface area contributed by atoms with Crippen molar-refractivity contribution < 1.29 is 9.72 Å². The molecule has 0 unspecified atom stereocenters. The lowest BCUT2D eigenvalue weighted by atomic mass is 10.2. The van der Waals surface area contributed by atoms with Crippen LogP contribution in [0.3, 0.4) is 0 Å². The van der Waals surface area contributed by atoms with Crippen molar-refractivity contribution >= 4 is 29.1 Å². The molecule has 0 fully saturated rings. The zero-order valence-electron chi connectivity index (χ0n) is 11.1. The summed E-state index contributed by atoms with van der Waals surface area (Å²) in [6.45, 7) is 3.49. The number of rotatable bonds is 3. The maximum absolute atomic E-state index is 12.1. The standard InChI is InChI=1S/C12H10ClN5O3/c1-6-3-7(2)16-12(15-6)17-11(19)8-4-10(13)14-5-9(8)18(20)21/h3-5H,1-2H3,(H,15,16,17,19). The van der Waals surface area contributed by atoms with Gasteiger partial charge in [0.25, 0.3) is 11.6 Å². The van der Waals surface area contributed by atoms with Gasteiger partial charge in [-0.3, -0.25) is 20.2 Å². The van der Waals surface area contributed by atoms with Crippen molar-refractivity contribution in [1.29, 1.82) is 0 Å². The third-order valence-corrected chi connectivity index (χ3v) is 2.71. The Bertz CT molecular complexity index is 715. The van der Waals surface area contributed by atoms with Crippen LogP contribution in [0.5, 0.6) is 0 Å². The van der Waals surface area contributed by atoms with E-state index in [1.165, 1.54) is 0 Å². The van der Waals surface area contributed by atoms with Crippen LogP contribution in [0, 0.1) is 24.0 Å². The molecule has 0 aliphatic rings. The average Bonchev–Trinajstić information content (AvgIpc) is 2.36. The molecule has 0 saturated heterocycles. The molecule has 21 heavy (non-hydrogen) atoms. The molecule has 0 aliphatic carbocycles. The highest BCUT2D eigenvalue weighted by atomic mass is 35.5. The fourth-order valence-corrected chi connectivity index (χ4v) is 1.86. The van der Waals surface area contributed by atoms with E-state index in [1.54, 1.807) is 19.9 Å².